The van der Waals surface area contributed by atoms with E-state index in [1.807, 2.05) is 18.2 Å². The summed E-state index contributed by atoms with van der Waals surface area (Å²) in [5.41, 5.74) is 1.12. The summed E-state index contributed by atoms with van der Waals surface area (Å²) in [4.78, 5) is 14.7. The van der Waals surface area contributed by atoms with Gasteiger partial charge in [-0.1, -0.05) is 38.0 Å². The van der Waals surface area contributed by atoms with Crippen LogP contribution in [0.15, 0.2) is 24.3 Å². The summed E-state index contributed by atoms with van der Waals surface area (Å²) in [6.07, 6.45) is 5.33. The average molecular weight is 390 g/mol. The molecule has 0 radical (unpaired) electrons. The number of hydrogen-bond donors (Lipinski definition) is 2. The number of para-hydroxylation sites is 1. The fourth-order valence-electron chi connectivity index (χ4n) is 4.35. The van der Waals surface area contributed by atoms with E-state index in [1.165, 1.54) is 19.3 Å². The first-order chi connectivity index (χ1) is 13.7. The van der Waals surface area contributed by atoms with E-state index in [1.54, 1.807) is 7.11 Å². The van der Waals surface area contributed by atoms with Crippen LogP contribution in [0.4, 0.5) is 0 Å². The maximum absolute atomic E-state index is 12.5. The molecule has 1 aromatic carbocycles. The number of ether oxygens (including phenoxy) is 2. The third-order valence-electron chi connectivity index (χ3n) is 5.99. The van der Waals surface area contributed by atoms with Crippen molar-refractivity contribution in [3.63, 3.8) is 0 Å². The molecule has 2 fully saturated rings. The van der Waals surface area contributed by atoms with Crippen LogP contribution >= 0.6 is 0 Å². The van der Waals surface area contributed by atoms with Crippen molar-refractivity contribution in [2.45, 2.75) is 44.8 Å². The normalized spacial score (nSPS) is 26.0. The Balaban J connectivity index is 1.46. The molecule has 0 bridgehead atoms. The highest BCUT2D eigenvalue weighted by molar-refractivity contribution is 5.78. The topological polar surface area (TPSA) is 62.8 Å². The van der Waals surface area contributed by atoms with E-state index in [0.717, 1.165) is 37.4 Å². The summed E-state index contributed by atoms with van der Waals surface area (Å²) in [6.45, 7) is 6.38. The van der Waals surface area contributed by atoms with Crippen LogP contribution < -0.4 is 15.4 Å². The van der Waals surface area contributed by atoms with Gasteiger partial charge in [0.2, 0.25) is 5.91 Å². The Labute approximate surface area is 169 Å². The quantitative estimate of drug-likeness (QED) is 0.669. The number of nitrogens with zero attached hydrogens (tertiary/aromatic N) is 1. The molecule has 1 aromatic rings. The zero-order chi connectivity index (χ0) is 19.8. The number of amides is 1. The minimum atomic E-state index is 0.0575. The van der Waals surface area contributed by atoms with Gasteiger partial charge in [-0.3, -0.25) is 9.69 Å². The highest BCUT2D eigenvalue weighted by Gasteiger charge is 2.27. The van der Waals surface area contributed by atoms with Gasteiger partial charge in [0.25, 0.3) is 0 Å². The molecule has 1 amide bonds. The SMILES string of the molecule is COc1ccccc1C1CNCCN1CC(=O)NCCOC1CCCCC1C. The predicted octanol–water partition coefficient (Wildman–Crippen LogP) is 2.35. The second kappa shape index (κ2) is 10.8. The number of piperazine rings is 1. The Morgan fingerprint density at radius 1 is 1.29 bits per heavy atom. The van der Waals surface area contributed by atoms with Gasteiger partial charge in [0, 0.05) is 31.7 Å². The third-order valence-corrected chi connectivity index (χ3v) is 5.99. The van der Waals surface area contributed by atoms with Gasteiger partial charge in [-0.05, 0) is 24.8 Å². The van der Waals surface area contributed by atoms with Crippen LogP contribution in [0.3, 0.4) is 0 Å². The first kappa shape index (κ1) is 21.1. The smallest absolute Gasteiger partial charge is 0.234 e. The summed E-state index contributed by atoms with van der Waals surface area (Å²) in [5.74, 6) is 1.56. The maximum Gasteiger partial charge on any atom is 0.234 e. The van der Waals surface area contributed by atoms with Gasteiger partial charge in [0.15, 0.2) is 0 Å². The van der Waals surface area contributed by atoms with E-state index in [4.69, 9.17) is 9.47 Å². The van der Waals surface area contributed by atoms with Crippen LogP contribution in [0.5, 0.6) is 5.75 Å². The minimum Gasteiger partial charge on any atom is -0.496 e. The first-order valence-electron chi connectivity index (χ1n) is 10.6. The second-order valence-electron chi connectivity index (χ2n) is 7.95. The van der Waals surface area contributed by atoms with E-state index >= 15 is 0 Å². The molecule has 2 N–H and O–H groups in total. The van der Waals surface area contributed by atoms with E-state index in [-0.39, 0.29) is 11.9 Å². The van der Waals surface area contributed by atoms with Crippen molar-refractivity contribution in [1.82, 2.24) is 15.5 Å². The molecule has 156 valence electrons. The van der Waals surface area contributed by atoms with Gasteiger partial charge in [-0.25, -0.2) is 0 Å². The van der Waals surface area contributed by atoms with Gasteiger partial charge in [0.1, 0.15) is 5.75 Å². The highest BCUT2D eigenvalue weighted by Crippen LogP contribution is 2.30. The van der Waals surface area contributed by atoms with Crippen molar-refractivity contribution >= 4 is 5.91 Å². The Kier molecular flexibility index (Phi) is 8.13. The number of methoxy groups -OCH3 is 1. The molecule has 2 aliphatic rings. The molecule has 3 rings (SSSR count). The van der Waals surface area contributed by atoms with Gasteiger partial charge in [-0.2, -0.15) is 0 Å². The number of benzene rings is 1. The lowest BCUT2D eigenvalue weighted by atomic mass is 9.88. The molecule has 1 aliphatic heterocycles. The van der Waals surface area contributed by atoms with Crippen LogP contribution in [0, 0.1) is 5.92 Å². The number of carbonyl (C=O) groups is 1. The van der Waals surface area contributed by atoms with Crippen molar-refractivity contribution < 1.29 is 14.3 Å². The monoisotopic (exact) mass is 389 g/mol. The van der Waals surface area contributed by atoms with Gasteiger partial charge in [0.05, 0.1) is 32.4 Å². The summed E-state index contributed by atoms with van der Waals surface area (Å²) >= 11 is 0. The first-order valence-corrected chi connectivity index (χ1v) is 10.6. The fraction of sp³-hybridized carbons (Fsp3) is 0.682. The molecule has 1 heterocycles. The van der Waals surface area contributed by atoms with Crippen molar-refractivity contribution in [2.75, 3.05) is 46.4 Å². The molecule has 3 unspecified atom stereocenters. The van der Waals surface area contributed by atoms with Gasteiger partial charge in [-0.15, -0.1) is 0 Å². The predicted molar refractivity (Wildman–Crippen MR) is 111 cm³/mol. The summed E-state index contributed by atoms with van der Waals surface area (Å²) < 4.78 is 11.5. The average Bonchev–Trinajstić information content (AvgIpc) is 2.73. The molecule has 0 spiro atoms. The van der Waals surface area contributed by atoms with Crippen molar-refractivity contribution in [3.05, 3.63) is 29.8 Å². The van der Waals surface area contributed by atoms with E-state index in [0.29, 0.717) is 31.7 Å². The molecular weight excluding hydrogens is 354 g/mol. The van der Waals surface area contributed by atoms with Crippen molar-refractivity contribution in [1.29, 1.82) is 0 Å². The van der Waals surface area contributed by atoms with Crippen molar-refractivity contribution in [3.8, 4) is 5.75 Å². The van der Waals surface area contributed by atoms with Crippen LogP contribution in [-0.4, -0.2) is 63.4 Å². The molecule has 0 aromatic heterocycles. The van der Waals surface area contributed by atoms with Gasteiger partial charge < -0.3 is 20.1 Å². The maximum atomic E-state index is 12.5. The summed E-state index contributed by atoms with van der Waals surface area (Å²) in [6, 6.07) is 8.19. The molecule has 3 atom stereocenters. The molecular formula is C22H35N3O3. The lowest BCUT2D eigenvalue weighted by Crippen LogP contribution is -2.49. The van der Waals surface area contributed by atoms with Crippen LogP contribution in [-0.2, 0) is 9.53 Å². The third kappa shape index (κ3) is 5.69. The number of rotatable bonds is 8. The Morgan fingerprint density at radius 3 is 2.93 bits per heavy atom. The van der Waals surface area contributed by atoms with Crippen LogP contribution in [0.2, 0.25) is 0 Å². The summed E-state index contributed by atoms with van der Waals surface area (Å²) in [5, 5.41) is 6.46. The number of carbonyl (C=O) groups excluding carboxylic acids is 1. The lowest BCUT2D eigenvalue weighted by molar-refractivity contribution is -0.123. The molecule has 28 heavy (non-hydrogen) atoms. The number of hydrogen-bond acceptors (Lipinski definition) is 5. The van der Waals surface area contributed by atoms with Crippen molar-refractivity contribution in [2.24, 2.45) is 5.92 Å². The lowest BCUT2D eigenvalue weighted by Gasteiger charge is -2.36. The van der Waals surface area contributed by atoms with E-state index in [2.05, 4.69) is 28.5 Å². The Bertz CT molecular complexity index is 625. The van der Waals surface area contributed by atoms with E-state index in [9.17, 15) is 4.79 Å². The molecule has 6 heteroatoms. The minimum absolute atomic E-state index is 0.0575. The molecule has 1 saturated carbocycles. The molecule has 1 aliphatic carbocycles. The largest absolute Gasteiger partial charge is 0.496 e. The highest BCUT2D eigenvalue weighted by atomic mass is 16.5. The number of nitrogens with one attached hydrogen (secondary N) is 2. The Hall–Kier alpha value is -1.63. The molecule has 1 saturated heterocycles. The zero-order valence-corrected chi connectivity index (χ0v) is 17.3. The standard InChI is InChI=1S/C22H35N3O3/c1-17-7-3-5-9-20(17)28-14-12-24-22(26)16-25-13-11-23-15-19(25)18-8-4-6-10-21(18)27-2/h4,6,8,10,17,19-20,23H,3,5,7,9,11-16H2,1-2H3,(H,24,26). The molecule has 6 nitrogen and oxygen atoms in total. The Morgan fingerprint density at radius 2 is 2.11 bits per heavy atom. The zero-order valence-electron chi connectivity index (χ0n) is 17.3. The van der Waals surface area contributed by atoms with Gasteiger partial charge >= 0.3 is 0 Å². The second-order valence-corrected chi connectivity index (χ2v) is 7.95. The summed E-state index contributed by atoms with van der Waals surface area (Å²) in [7, 11) is 1.69. The van der Waals surface area contributed by atoms with Crippen LogP contribution in [0.25, 0.3) is 0 Å². The van der Waals surface area contributed by atoms with E-state index < -0.39 is 0 Å². The fourth-order valence-corrected chi connectivity index (χ4v) is 4.35. The van der Waals surface area contributed by atoms with Crippen LogP contribution in [0.1, 0.15) is 44.2 Å².